The standard InChI is InChI=1S/C13H15Br2N3O/c1-2-19-13-9(5-10(14)6-11(13)15)7-16-8-12-17-3-4-18-12/h3-6,16H,2,7-8H2,1H3,(H,17,18). The zero-order chi connectivity index (χ0) is 13.7. The van der Waals surface area contributed by atoms with Crippen molar-refractivity contribution in [1.29, 1.82) is 0 Å². The number of hydrogen-bond acceptors (Lipinski definition) is 3. The molecule has 1 aromatic heterocycles. The van der Waals surface area contributed by atoms with Crippen LogP contribution in [0.25, 0.3) is 0 Å². The fraction of sp³-hybridized carbons (Fsp3) is 0.308. The van der Waals surface area contributed by atoms with Crippen molar-refractivity contribution >= 4 is 31.9 Å². The first-order chi connectivity index (χ1) is 9.20. The largest absolute Gasteiger partial charge is 0.492 e. The van der Waals surface area contributed by atoms with Crippen LogP contribution in [-0.2, 0) is 13.1 Å². The van der Waals surface area contributed by atoms with Crippen molar-refractivity contribution in [2.75, 3.05) is 6.61 Å². The average molecular weight is 389 g/mol. The number of nitrogens with one attached hydrogen (secondary N) is 2. The maximum Gasteiger partial charge on any atom is 0.138 e. The Bertz CT molecular complexity index is 529. The maximum atomic E-state index is 5.68. The van der Waals surface area contributed by atoms with Crippen LogP contribution < -0.4 is 10.1 Å². The smallest absolute Gasteiger partial charge is 0.138 e. The molecule has 19 heavy (non-hydrogen) atoms. The van der Waals surface area contributed by atoms with E-state index in [0.29, 0.717) is 19.7 Å². The third-order valence-electron chi connectivity index (χ3n) is 2.54. The Kier molecular flexibility index (Phi) is 5.42. The van der Waals surface area contributed by atoms with Gasteiger partial charge in [-0.15, -0.1) is 0 Å². The minimum absolute atomic E-state index is 0.644. The average Bonchev–Trinajstić information content (AvgIpc) is 2.86. The zero-order valence-electron chi connectivity index (χ0n) is 10.5. The van der Waals surface area contributed by atoms with Gasteiger partial charge in [-0.25, -0.2) is 4.98 Å². The van der Waals surface area contributed by atoms with E-state index in [1.165, 1.54) is 0 Å². The number of aromatic amines is 1. The van der Waals surface area contributed by atoms with Crippen LogP contribution in [0, 0.1) is 0 Å². The summed E-state index contributed by atoms with van der Waals surface area (Å²) in [6.45, 7) is 4.04. The highest BCUT2D eigenvalue weighted by atomic mass is 79.9. The third kappa shape index (κ3) is 4.06. The van der Waals surface area contributed by atoms with Crippen LogP contribution in [0.4, 0.5) is 0 Å². The highest BCUT2D eigenvalue weighted by Gasteiger charge is 2.09. The van der Waals surface area contributed by atoms with Crippen LogP contribution in [0.1, 0.15) is 18.3 Å². The van der Waals surface area contributed by atoms with E-state index >= 15 is 0 Å². The van der Waals surface area contributed by atoms with E-state index < -0.39 is 0 Å². The minimum Gasteiger partial charge on any atom is -0.492 e. The molecule has 0 amide bonds. The van der Waals surface area contributed by atoms with Gasteiger partial charge in [0, 0.05) is 29.0 Å². The van der Waals surface area contributed by atoms with Crippen molar-refractivity contribution < 1.29 is 4.74 Å². The van der Waals surface area contributed by atoms with Crippen molar-refractivity contribution in [2.24, 2.45) is 0 Å². The van der Waals surface area contributed by atoms with Gasteiger partial charge in [0.15, 0.2) is 0 Å². The van der Waals surface area contributed by atoms with Gasteiger partial charge in [-0.2, -0.15) is 0 Å². The second-order valence-corrected chi connectivity index (χ2v) is 5.72. The summed E-state index contributed by atoms with van der Waals surface area (Å²) in [4.78, 5) is 7.24. The second kappa shape index (κ2) is 7.07. The summed E-state index contributed by atoms with van der Waals surface area (Å²) in [5.41, 5.74) is 1.11. The molecule has 0 saturated carbocycles. The number of benzene rings is 1. The first kappa shape index (κ1) is 14.6. The number of imidazole rings is 1. The molecule has 0 unspecified atom stereocenters. The number of aromatic nitrogens is 2. The van der Waals surface area contributed by atoms with E-state index in [1.807, 2.05) is 19.2 Å². The van der Waals surface area contributed by atoms with Gasteiger partial charge in [-0.05, 0) is 35.0 Å². The van der Waals surface area contributed by atoms with Crippen molar-refractivity contribution in [3.63, 3.8) is 0 Å². The minimum atomic E-state index is 0.644. The number of ether oxygens (including phenoxy) is 1. The first-order valence-corrected chi connectivity index (χ1v) is 7.59. The lowest BCUT2D eigenvalue weighted by Crippen LogP contribution is -2.14. The molecule has 0 spiro atoms. The lowest BCUT2D eigenvalue weighted by atomic mass is 10.2. The van der Waals surface area contributed by atoms with E-state index in [1.54, 1.807) is 6.20 Å². The summed E-state index contributed by atoms with van der Waals surface area (Å²) in [6.07, 6.45) is 3.57. The number of halogens is 2. The molecular formula is C13H15Br2N3O. The molecule has 102 valence electrons. The van der Waals surface area contributed by atoms with E-state index in [0.717, 1.165) is 26.1 Å². The molecule has 0 atom stereocenters. The molecular weight excluding hydrogens is 374 g/mol. The highest BCUT2D eigenvalue weighted by Crippen LogP contribution is 2.32. The zero-order valence-corrected chi connectivity index (χ0v) is 13.7. The molecule has 0 aliphatic heterocycles. The predicted molar refractivity (Wildman–Crippen MR) is 82.1 cm³/mol. The topological polar surface area (TPSA) is 49.9 Å². The molecule has 0 saturated heterocycles. The first-order valence-electron chi connectivity index (χ1n) is 6.00. The van der Waals surface area contributed by atoms with Gasteiger partial charge in [0.25, 0.3) is 0 Å². The van der Waals surface area contributed by atoms with Crippen LogP contribution >= 0.6 is 31.9 Å². The molecule has 2 aromatic rings. The number of hydrogen-bond donors (Lipinski definition) is 2. The van der Waals surface area contributed by atoms with Crippen LogP contribution in [0.3, 0.4) is 0 Å². The fourth-order valence-corrected chi connectivity index (χ4v) is 3.19. The Morgan fingerprint density at radius 2 is 2.16 bits per heavy atom. The summed E-state index contributed by atoms with van der Waals surface area (Å²) < 4.78 is 7.66. The summed E-state index contributed by atoms with van der Waals surface area (Å²) >= 11 is 7.03. The summed E-state index contributed by atoms with van der Waals surface area (Å²) in [7, 11) is 0. The number of rotatable bonds is 6. The van der Waals surface area contributed by atoms with E-state index in [4.69, 9.17) is 4.74 Å². The van der Waals surface area contributed by atoms with Crippen molar-refractivity contribution in [3.05, 3.63) is 44.9 Å². The Hall–Kier alpha value is -0.850. The molecule has 6 heteroatoms. The lowest BCUT2D eigenvalue weighted by molar-refractivity contribution is 0.333. The van der Waals surface area contributed by atoms with Crippen LogP contribution in [0.15, 0.2) is 33.5 Å². The van der Waals surface area contributed by atoms with Crippen molar-refractivity contribution in [3.8, 4) is 5.75 Å². The molecule has 0 bridgehead atoms. The molecule has 2 rings (SSSR count). The molecule has 2 N–H and O–H groups in total. The summed E-state index contributed by atoms with van der Waals surface area (Å²) in [5.74, 6) is 1.81. The molecule has 0 aliphatic rings. The normalized spacial score (nSPS) is 10.7. The monoisotopic (exact) mass is 387 g/mol. The van der Waals surface area contributed by atoms with Crippen molar-refractivity contribution in [2.45, 2.75) is 20.0 Å². The second-order valence-electron chi connectivity index (χ2n) is 3.95. The van der Waals surface area contributed by atoms with Gasteiger partial charge >= 0.3 is 0 Å². The Labute approximate surface area is 129 Å². The fourth-order valence-electron chi connectivity index (χ4n) is 1.76. The van der Waals surface area contributed by atoms with E-state index in [2.05, 4.69) is 53.2 Å². The molecule has 0 aliphatic carbocycles. The Morgan fingerprint density at radius 3 is 2.84 bits per heavy atom. The highest BCUT2D eigenvalue weighted by molar-refractivity contribution is 9.11. The van der Waals surface area contributed by atoms with Gasteiger partial charge in [-0.3, -0.25) is 0 Å². The van der Waals surface area contributed by atoms with Gasteiger partial charge in [0.05, 0.1) is 17.6 Å². The molecule has 0 radical (unpaired) electrons. The lowest BCUT2D eigenvalue weighted by Gasteiger charge is -2.13. The van der Waals surface area contributed by atoms with E-state index in [-0.39, 0.29) is 0 Å². The quantitative estimate of drug-likeness (QED) is 0.794. The van der Waals surface area contributed by atoms with Gasteiger partial charge < -0.3 is 15.0 Å². The Morgan fingerprint density at radius 1 is 1.32 bits per heavy atom. The molecule has 1 aromatic carbocycles. The van der Waals surface area contributed by atoms with Gasteiger partial charge in [0.1, 0.15) is 11.6 Å². The van der Waals surface area contributed by atoms with Crippen LogP contribution in [0.2, 0.25) is 0 Å². The molecule has 4 nitrogen and oxygen atoms in total. The summed E-state index contributed by atoms with van der Waals surface area (Å²) in [6, 6.07) is 4.05. The van der Waals surface area contributed by atoms with Crippen LogP contribution in [0.5, 0.6) is 5.75 Å². The predicted octanol–water partition coefficient (Wildman–Crippen LogP) is 3.62. The SMILES string of the molecule is CCOc1c(Br)cc(Br)cc1CNCc1ncc[nH]1. The number of nitrogens with zero attached hydrogens (tertiary/aromatic N) is 1. The van der Waals surface area contributed by atoms with Gasteiger partial charge in [-0.1, -0.05) is 15.9 Å². The third-order valence-corrected chi connectivity index (χ3v) is 3.58. The van der Waals surface area contributed by atoms with E-state index in [9.17, 15) is 0 Å². The van der Waals surface area contributed by atoms with Crippen molar-refractivity contribution in [1.82, 2.24) is 15.3 Å². The van der Waals surface area contributed by atoms with Crippen LogP contribution in [-0.4, -0.2) is 16.6 Å². The molecule has 0 fully saturated rings. The summed E-state index contributed by atoms with van der Waals surface area (Å²) in [5, 5.41) is 3.34. The Balaban J connectivity index is 2.05. The maximum absolute atomic E-state index is 5.68. The molecule has 1 heterocycles. The van der Waals surface area contributed by atoms with Gasteiger partial charge in [0.2, 0.25) is 0 Å². The number of H-pyrrole nitrogens is 1.